The smallest absolute Gasteiger partial charge is 0.329 e. The van der Waals surface area contributed by atoms with Gasteiger partial charge in [0, 0.05) is 32.2 Å². The molecule has 66 heavy (non-hydrogen) atoms. The number of aromatic hydroxyl groups is 1. The number of carbonyl (C=O) groups excluding carboxylic acids is 9. The number of aliphatic hydroxyl groups is 1. The third kappa shape index (κ3) is 18.2. The molecule has 370 valence electrons. The van der Waals surface area contributed by atoms with Gasteiger partial charge < -0.3 is 57.5 Å². The lowest BCUT2D eigenvalue weighted by Gasteiger charge is -2.33. The summed E-state index contributed by atoms with van der Waals surface area (Å²) in [5.74, 6) is -7.85. The molecular weight excluding hydrogens is 857 g/mol. The number of nitrogens with two attached hydrogens (primary N) is 1. The normalized spacial score (nSPS) is 18.5. The Labute approximate surface area is 388 Å². The monoisotopic (exact) mass is 931 g/mol. The molecule has 0 saturated carbocycles. The average Bonchev–Trinajstić information content (AvgIpc) is 3.25. The number of carbonyl (C=O) groups is 9. The number of phenols is 1. The average molecular weight is 931 g/mol. The predicted octanol–water partition coefficient (Wildman–Crippen LogP) is 0.796. The maximum Gasteiger partial charge on any atom is 0.329 e. The molecule has 0 aromatic heterocycles. The maximum absolute atomic E-state index is 14.4. The molecule has 1 aliphatic heterocycles. The molecule has 10 N–H and O–H groups in total. The van der Waals surface area contributed by atoms with Gasteiger partial charge in [0.1, 0.15) is 54.3 Å². The first-order valence-electron chi connectivity index (χ1n) is 22.9. The Balaban J connectivity index is 2.56. The first kappa shape index (κ1) is 56.3. The fourth-order valence-corrected chi connectivity index (χ4v) is 6.98. The van der Waals surface area contributed by atoms with Crippen LogP contribution in [-0.4, -0.2) is 124 Å². The highest BCUT2D eigenvalue weighted by Gasteiger charge is 2.39. The molecule has 0 radical (unpaired) electrons. The van der Waals surface area contributed by atoms with E-state index in [2.05, 4.69) is 31.9 Å². The summed E-state index contributed by atoms with van der Waals surface area (Å²) in [4.78, 5) is 122. The van der Waals surface area contributed by atoms with Crippen molar-refractivity contribution in [3.05, 3.63) is 29.8 Å². The number of ether oxygens (including phenoxy) is 1. The third-order valence-corrected chi connectivity index (χ3v) is 11.7. The molecule has 0 spiro atoms. The van der Waals surface area contributed by atoms with Crippen molar-refractivity contribution in [3.8, 4) is 5.75 Å². The number of rotatable bonds is 26. The van der Waals surface area contributed by atoms with Gasteiger partial charge in [-0.05, 0) is 68.1 Å². The second-order valence-corrected chi connectivity index (χ2v) is 18.2. The largest absolute Gasteiger partial charge is 0.508 e. The molecule has 0 unspecified atom stereocenters. The number of hydrogen-bond acceptors (Lipinski definition) is 12. The summed E-state index contributed by atoms with van der Waals surface area (Å²) in [5, 5.41) is 35.1. The van der Waals surface area contributed by atoms with Crippen molar-refractivity contribution < 1.29 is 58.1 Å². The minimum absolute atomic E-state index is 0.00744. The Kier molecular flexibility index (Phi) is 23.0. The predicted molar refractivity (Wildman–Crippen MR) is 243 cm³/mol. The number of likely N-dealkylation sites (N-methyl/N-ethyl adjacent to an activating group) is 1. The van der Waals surface area contributed by atoms with Gasteiger partial charge in [-0.15, -0.1) is 0 Å². The van der Waals surface area contributed by atoms with Gasteiger partial charge in [-0.3, -0.25) is 38.4 Å². The number of esters is 1. The molecule has 8 amide bonds. The topological polar surface area (TPSA) is 305 Å². The molecular formula is C46H74N8O12. The fraction of sp³-hybridized carbons (Fsp3) is 0.674. The van der Waals surface area contributed by atoms with Gasteiger partial charge in [-0.25, -0.2) is 4.79 Å². The van der Waals surface area contributed by atoms with Crippen LogP contribution in [0.5, 0.6) is 5.75 Å². The second kappa shape index (κ2) is 27.0. The standard InChI is InChI=1S/C46H74N8O12/c1-11-26(7)22-37(58)54(10)34(23-29-13-15-30(55)16-14-29)44(63)52-38(27(8)12-2)46(65)66-28(9)39(53-42(61)31(17-19-35(47)56)48-40(59)25(5)6)45(64)50-33(21-24(3)4)43(62)49-32-18-20-36(57)51-41(32)60/h13-16,24-28,31-34,36,38-39,55,57H,11-12,17-23H2,1-10H3,(H2,47,56)(H,48,59)(H,49,62)(H,50,64)(H,51,60)(H,52,63)(H,53,61)/t26-,27-,28+,31-,32-,33-,34-,36+,38-,39-/m0/s1. The molecule has 1 heterocycles. The Bertz CT molecular complexity index is 1840. The van der Waals surface area contributed by atoms with E-state index >= 15 is 0 Å². The number of primary amides is 1. The first-order valence-corrected chi connectivity index (χ1v) is 22.9. The number of amides is 8. The number of piperidine rings is 1. The van der Waals surface area contributed by atoms with Crippen molar-refractivity contribution in [1.29, 1.82) is 0 Å². The molecule has 1 aromatic rings. The van der Waals surface area contributed by atoms with Gasteiger partial charge in [0.05, 0.1) is 0 Å². The minimum Gasteiger partial charge on any atom is -0.508 e. The van der Waals surface area contributed by atoms with E-state index < -0.39 is 108 Å². The van der Waals surface area contributed by atoms with Crippen LogP contribution < -0.4 is 37.6 Å². The number of phenolic OH excluding ortho intramolecular Hbond substituents is 1. The van der Waals surface area contributed by atoms with Crippen LogP contribution in [-0.2, 0) is 54.3 Å². The number of benzene rings is 1. The third-order valence-electron chi connectivity index (χ3n) is 11.7. The van der Waals surface area contributed by atoms with Crippen LogP contribution >= 0.6 is 0 Å². The Morgan fingerprint density at radius 3 is 1.95 bits per heavy atom. The molecule has 1 aliphatic rings. The van der Waals surface area contributed by atoms with Crippen LogP contribution in [0, 0.1) is 23.7 Å². The zero-order valence-corrected chi connectivity index (χ0v) is 40.1. The van der Waals surface area contributed by atoms with Crippen LogP contribution in [0.2, 0.25) is 0 Å². The van der Waals surface area contributed by atoms with Crippen molar-refractivity contribution in [3.63, 3.8) is 0 Å². The zero-order chi connectivity index (χ0) is 50.0. The molecule has 20 nitrogen and oxygen atoms in total. The van der Waals surface area contributed by atoms with E-state index in [1.54, 1.807) is 53.7 Å². The van der Waals surface area contributed by atoms with Gasteiger partial charge in [0.15, 0.2) is 0 Å². The Hall–Kier alpha value is -5.79. The zero-order valence-electron chi connectivity index (χ0n) is 40.1. The van der Waals surface area contributed by atoms with E-state index in [4.69, 9.17) is 10.5 Å². The van der Waals surface area contributed by atoms with Gasteiger partial charge in [-0.1, -0.05) is 80.4 Å². The highest BCUT2D eigenvalue weighted by atomic mass is 16.5. The maximum atomic E-state index is 14.4. The molecule has 20 heteroatoms. The first-order chi connectivity index (χ1) is 30.9. The second-order valence-electron chi connectivity index (χ2n) is 18.2. The van der Waals surface area contributed by atoms with Crippen molar-refractivity contribution in [1.82, 2.24) is 36.8 Å². The van der Waals surface area contributed by atoms with Gasteiger partial charge in [0.25, 0.3) is 0 Å². The highest BCUT2D eigenvalue weighted by Crippen LogP contribution is 2.19. The molecule has 0 aliphatic carbocycles. The summed E-state index contributed by atoms with van der Waals surface area (Å²) < 4.78 is 5.90. The van der Waals surface area contributed by atoms with Crippen molar-refractivity contribution in [2.75, 3.05) is 7.05 Å². The van der Waals surface area contributed by atoms with E-state index in [0.29, 0.717) is 12.0 Å². The summed E-state index contributed by atoms with van der Waals surface area (Å²) in [5.41, 5.74) is 5.99. The van der Waals surface area contributed by atoms with E-state index in [1.807, 2.05) is 13.8 Å². The summed E-state index contributed by atoms with van der Waals surface area (Å²) in [7, 11) is 1.50. The van der Waals surface area contributed by atoms with Gasteiger partial charge in [-0.2, -0.15) is 0 Å². The molecule has 1 fully saturated rings. The van der Waals surface area contributed by atoms with Crippen LogP contribution in [0.25, 0.3) is 0 Å². The fourth-order valence-electron chi connectivity index (χ4n) is 6.98. The number of aliphatic hydroxyl groups excluding tert-OH is 1. The lowest BCUT2D eigenvalue weighted by atomic mass is 9.97. The highest BCUT2D eigenvalue weighted by molar-refractivity contribution is 5.97. The minimum atomic E-state index is -1.75. The summed E-state index contributed by atoms with van der Waals surface area (Å²) >= 11 is 0. The SMILES string of the molecule is CC[C@H](C)CC(=O)N(C)[C@@H](Cc1ccc(O)cc1)C(=O)N[C@H](C(=O)O[C@H](C)[C@H](NC(=O)[C@H](CCC(N)=O)NC(=O)C(C)C)C(=O)N[C@@H](CC(C)C)C(=O)N[C@H]1CC[C@@H](O)NC1=O)[C@@H](C)CC. The van der Waals surface area contributed by atoms with Crippen molar-refractivity contribution in [2.45, 2.75) is 169 Å². The number of hydrogen-bond donors (Lipinski definition) is 9. The summed E-state index contributed by atoms with van der Waals surface area (Å²) in [6.07, 6.45) is -1.51. The van der Waals surface area contributed by atoms with Gasteiger partial charge >= 0.3 is 5.97 Å². The molecule has 1 aromatic carbocycles. The van der Waals surface area contributed by atoms with Gasteiger partial charge in [0.2, 0.25) is 47.3 Å². The van der Waals surface area contributed by atoms with Crippen LogP contribution in [0.1, 0.15) is 119 Å². The number of nitrogens with zero attached hydrogens (tertiary/aromatic N) is 1. The quantitative estimate of drug-likeness (QED) is 0.0583. The van der Waals surface area contributed by atoms with Crippen molar-refractivity contribution in [2.24, 2.45) is 29.4 Å². The van der Waals surface area contributed by atoms with E-state index in [9.17, 15) is 53.4 Å². The molecule has 10 atom stereocenters. The molecule has 0 bridgehead atoms. The molecule has 1 saturated heterocycles. The lowest BCUT2D eigenvalue weighted by molar-refractivity contribution is -0.158. The number of nitrogens with one attached hydrogen (secondary N) is 6. The summed E-state index contributed by atoms with van der Waals surface area (Å²) in [6, 6.07) is -1.71. The van der Waals surface area contributed by atoms with Crippen LogP contribution in [0.3, 0.4) is 0 Å². The van der Waals surface area contributed by atoms with Crippen LogP contribution in [0.15, 0.2) is 24.3 Å². The molecule has 2 rings (SSSR count). The van der Waals surface area contributed by atoms with E-state index in [-0.39, 0.29) is 68.4 Å². The van der Waals surface area contributed by atoms with Crippen LogP contribution in [0.4, 0.5) is 0 Å². The van der Waals surface area contributed by atoms with E-state index in [0.717, 1.165) is 6.42 Å². The summed E-state index contributed by atoms with van der Waals surface area (Å²) in [6.45, 7) is 15.4. The lowest BCUT2D eigenvalue weighted by Crippen LogP contribution is -2.62. The van der Waals surface area contributed by atoms with E-state index in [1.165, 1.54) is 31.0 Å². The van der Waals surface area contributed by atoms with Crippen molar-refractivity contribution >= 4 is 53.2 Å². The Morgan fingerprint density at radius 1 is 0.803 bits per heavy atom. The Morgan fingerprint density at radius 2 is 1.41 bits per heavy atom.